The van der Waals surface area contributed by atoms with E-state index in [2.05, 4.69) is 0 Å². The van der Waals surface area contributed by atoms with Crippen LogP contribution in [0.1, 0.15) is 11.8 Å². The Labute approximate surface area is 215 Å². The zero-order chi connectivity index (χ0) is 25.0. The summed E-state index contributed by atoms with van der Waals surface area (Å²) in [4.78, 5) is 34.1. The molecule has 0 spiro atoms. The van der Waals surface area contributed by atoms with Crippen molar-refractivity contribution in [1.82, 2.24) is 0 Å². The lowest BCUT2D eigenvalue weighted by atomic mass is 9.94. The van der Waals surface area contributed by atoms with Gasteiger partial charge in [-0.15, -0.1) is 0 Å². The first-order chi connectivity index (χ1) is 17.4. The van der Waals surface area contributed by atoms with Crippen LogP contribution in [0.2, 0.25) is 10.0 Å². The van der Waals surface area contributed by atoms with E-state index in [1.807, 2.05) is 30.3 Å². The van der Waals surface area contributed by atoms with Gasteiger partial charge in [-0.25, -0.2) is 14.4 Å². The van der Waals surface area contributed by atoms with Gasteiger partial charge in [-0.3, -0.25) is 14.4 Å². The van der Waals surface area contributed by atoms with Crippen LogP contribution in [0.25, 0.3) is 11.3 Å². The van der Waals surface area contributed by atoms with Gasteiger partial charge in [-0.05, 0) is 66.7 Å². The summed E-state index contributed by atoms with van der Waals surface area (Å²) in [5, 5.41) is 2.49. The molecule has 9 heteroatoms. The topological polar surface area (TPSA) is 63.0 Å². The number of carbonyl (C=O) groups excluding carboxylic acids is 2. The molecule has 0 aliphatic carbocycles. The number of hydrogen-bond donors (Lipinski definition) is 0. The third-order valence-electron chi connectivity index (χ3n) is 6.32. The van der Waals surface area contributed by atoms with E-state index in [1.54, 1.807) is 30.3 Å². The molecule has 2 fully saturated rings. The van der Waals surface area contributed by atoms with Gasteiger partial charge in [0.25, 0.3) is 5.91 Å². The maximum atomic E-state index is 13.6. The highest BCUT2D eigenvalue weighted by molar-refractivity contribution is 6.35. The van der Waals surface area contributed by atoms with Crippen LogP contribution in [0, 0.1) is 11.7 Å². The summed E-state index contributed by atoms with van der Waals surface area (Å²) in [6.45, 7) is 0. The molecule has 2 aliphatic heterocycles. The van der Waals surface area contributed by atoms with Crippen molar-refractivity contribution in [1.29, 1.82) is 0 Å². The first kappa shape index (κ1) is 22.8. The van der Waals surface area contributed by atoms with Crippen LogP contribution in [0.4, 0.5) is 15.8 Å². The molecular weight excluding hydrogens is 506 g/mol. The average Bonchev–Trinajstić information content (AvgIpc) is 3.57. The Kier molecular flexibility index (Phi) is 5.56. The van der Waals surface area contributed by atoms with Crippen molar-refractivity contribution < 1.29 is 23.2 Å². The number of rotatable bonds is 4. The number of furan rings is 1. The molecule has 3 aromatic carbocycles. The lowest BCUT2D eigenvalue weighted by Gasteiger charge is -2.27. The van der Waals surface area contributed by atoms with Crippen molar-refractivity contribution in [3.8, 4) is 11.3 Å². The molecule has 0 radical (unpaired) electrons. The number of hydrogen-bond acceptors (Lipinski definition) is 5. The molecule has 3 heterocycles. The molecule has 4 aromatic rings. The summed E-state index contributed by atoms with van der Waals surface area (Å²) in [5.74, 6) is -1.47. The number of hydroxylamine groups is 1. The minimum atomic E-state index is -1.07. The molecule has 2 amide bonds. The van der Waals surface area contributed by atoms with E-state index in [9.17, 15) is 14.0 Å². The second-order valence-electron chi connectivity index (χ2n) is 8.47. The maximum Gasteiger partial charge on any atom is 0.266 e. The Hall–Kier alpha value is -3.65. The van der Waals surface area contributed by atoms with Crippen LogP contribution in [-0.2, 0) is 14.4 Å². The van der Waals surface area contributed by atoms with Crippen molar-refractivity contribution in [3.05, 3.63) is 107 Å². The number of nitrogens with zero attached hydrogens (tertiary/aromatic N) is 2. The predicted octanol–water partition coefficient (Wildman–Crippen LogP) is 6.44. The van der Waals surface area contributed by atoms with Gasteiger partial charge in [0.2, 0.25) is 5.91 Å². The fraction of sp³-hybridized carbons (Fsp3) is 0.111. The van der Waals surface area contributed by atoms with E-state index in [4.69, 9.17) is 32.5 Å². The van der Waals surface area contributed by atoms with Gasteiger partial charge in [0.1, 0.15) is 29.3 Å². The Morgan fingerprint density at radius 1 is 0.806 bits per heavy atom. The number of benzene rings is 3. The number of fused-ring (bicyclic) bond motifs is 1. The molecule has 36 heavy (non-hydrogen) atoms. The Morgan fingerprint density at radius 2 is 1.56 bits per heavy atom. The van der Waals surface area contributed by atoms with Crippen LogP contribution in [-0.4, -0.2) is 17.9 Å². The molecule has 1 aromatic heterocycles. The summed E-state index contributed by atoms with van der Waals surface area (Å²) < 4.78 is 19.7. The molecule has 0 saturated carbocycles. The van der Waals surface area contributed by atoms with Gasteiger partial charge in [0.05, 0.1) is 16.4 Å². The molecule has 6 rings (SSSR count). The van der Waals surface area contributed by atoms with Crippen LogP contribution >= 0.6 is 23.2 Å². The van der Waals surface area contributed by atoms with E-state index in [0.29, 0.717) is 32.8 Å². The smallest absolute Gasteiger partial charge is 0.266 e. The van der Waals surface area contributed by atoms with Crippen LogP contribution < -0.4 is 9.96 Å². The highest BCUT2D eigenvalue weighted by Gasteiger charge is 2.61. The zero-order valence-electron chi connectivity index (χ0n) is 18.5. The lowest BCUT2D eigenvalue weighted by Crippen LogP contribution is -2.37. The van der Waals surface area contributed by atoms with Crippen molar-refractivity contribution >= 4 is 46.4 Å². The standard InChI is InChI=1S/C27H17Cl2FN2O4/c28-15-6-11-20(29)19(14-15)21-12-13-22(35-21)24-23-25(36-32(24)18-4-2-1-3-5-18)27(34)31(26(23)33)17-9-7-16(30)8-10-17/h1-14,23-25H. The normalized spacial score (nSPS) is 21.4. The third kappa shape index (κ3) is 3.67. The minimum absolute atomic E-state index is 0.278. The van der Waals surface area contributed by atoms with Gasteiger partial charge in [-0.1, -0.05) is 41.4 Å². The average molecular weight is 523 g/mol. The number of imide groups is 1. The summed E-state index contributed by atoms with van der Waals surface area (Å²) in [7, 11) is 0. The zero-order valence-corrected chi connectivity index (χ0v) is 20.0. The van der Waals surface area contributed by atoms with Gasteiger partial charge in [-0.2, -0.15) is 0 Å². The Balaban J connectivity index is 1.43. The molecule has 3 unspecified atom stereocenters. The summed E-state index contributed by atoms with van der Waals surface area (Å²) in [5.41, 5.74) is 1.53. The molecule has 180 valence electrons. The number of amides is 2. The van der Waals surface area contributed by atoms with Gasteiger partial charge in [0.15, 0.2) is 6.10 Å². The number of carbonyl (C=O) groups is 2. The molecule has 6 nitrogen and oxygen atoms in total. The van der Waals surface area contributed by atoms with Crippen molar-refractivity contribution in [2.45, 2.75) is 12.1 Å². The fourth-order valence-corrected chi connectivity index (χ4v) is 5.07. The van der Waals surface area contributed by atoms with Gasteiger partial charge in [0, 0.05) is 10.6 Å². The summed E-state index contributed by atoms with van der Waals surface area (Å²) in [6.07, 6.45) is -1.07. The lowest BCUT2D eigenvalue weighted by molar-refractivity contribution is -0.126. The first-order valence-electron chi connectivity index (χ1n) is 11.1. The molecule has 2 aliphatic rings. The SMILES string of the molecule is O=C1C2ON(c3ccccc3)C(c3ccc(-c4cc(Cl)ccc4Cl)o3)C2C(=O)N1c1ccc(F)cc1. The van der Waals surface area contributed by atoms with Crippen molar-refractivity contribution in [2.24, 2.45) is 5.92 Å². The summed E-state index contributed by atoms with van der Waals surface area (Å²) in [6, 6.07) is 22.1. The molecule has 0 N–H and O–H groups in total. The monoisotopic (exact) mass is 522 g/mol. The molecule has 0 bridgehead atoms. The Morgan fingerprint density at radius 3 is 2.31 bits per heavy atom. The second-order valence-corrected chi connectivity index (χ2v) is 9.32. The number of halogens is 3. The van der Waals surface area contributed by atoms with Crippen molar-refractivity contribution in [2.75, 3.05) is 9.96 Å². The maximum absolute atomic E-state index is 13.6. The highest BCUT2D eigenvalue weighted by atomic mass is 35.5. The highest BCUT2D eigenvalue weighted by Crippen LogP contribution is 2.48. The second kappa shape index (κ2) is 8.78. The Bertz CT molecular complexity index is 1470. The first-order valence-corrected chi connectivity index (χ1v) is 11.9. The van der Waals surface area contributed by atoms with Crippen LogP contribution in [0.5, 0.6) is 0 Å². The quantitative estimate of drug-likeness (QED) is 0.288. The minimum Gasteiger partial charge on any atom is -0.459 e. The molecule has 2 saturated heterocycles. The van der Waals surface area contributed by atoms with Crippen LogP contribution in [0.15, 0.2) is 89.3 Å². The predicted molar refractivity (Wildman–Crippen MR) is 133 cm³/mol. The number of anilines is 2. The van der Waals surface area contributed by atoms with Gasteiger partial charge >= 0.3 is 0 Å². The summed E-state index contributed by atoms with van der Waals surface area (Å²) >= 11 is 12.5. The van der Waals surface area contributed by atoms with Crippen molar-refractivity contribution in [3.63, 3.8) is 0 Å². The van der Waals surface area contributed by atoms with Gasteiger partial charge < -0.3 is 4.42 Å². The fourth-order valence-electron chi connectivity index (χ4n) is 4.69. The third-order valence-corrected chi connectivity index (χ3v) is 6.89. The van der Waals surface area contributed by atoms with Crippen LogP contribution in [0.3, 0.4) is 0 Å². The van der Waals surface area contributed by atoms with E-state index >= 15 is 0 Å². The van der Waals surface area contributed by atoms with E-state index in [0.717, 1.165) is 4.90 Å². The van der Waals surface area contributed by atoms with E-state index in [1.165, 1.54) is 29.3 Å². The molecule has 3 atom stereocenters. The van der Waals surface area contributed by atoms with E-state index in [-0.39, 0.29) is 5.69 Å². The largest absolute Gasteiger partial charge is 0.459 e. The number of para-hydroxylation sites is 1. The molecular formula is C27H17Cl2FN2O4. The van der Waals surface area contributed by atoms with E-state index < -0.39 is 35.7 Å².